The zero-order valence-electron chi connectivity index (χ0n) is 16.2. The number of aromatic nitrogens is 1. The summed E-state index contributed by atoms with van der Waals surface area (Å²) < 4.78 is 14.7. The summed E-state index contributed by atoms with van der Waals surface area (Å²) in [5, 5.41) is 15.5. The number of carboxylic acids is 1. The van der Waals surface area contributed by atoms with E-state index in [9.17, 15) is 23.9 Å². The summed E-state index contributed by atoms with van der Waals surface area (Å²) in [6, 6.07) is 8.75. The van der Waals surface area contributed by atoms with Crippen LogP contribution in [0.15, 0.2) is 47.4 Å². The maximum atomic E-state index is 14.7. The fourth-order valence-electron chi connectivity index (χ4n) is 3.89. The largest absolute Gasteiger partial charge is 0.480 e. The van der Waals surface area contributed by atoms with E-state index in [0.29, 0.717) is 23.6 Å². The highest BCUT2D eigenvalue weighted by Crippen LogP contribution is 2.30. The van der Waals surface area contributed by atoms with Crippen molar-refractivity contribution in [3.63, 3.8) is 0 Å². The van der Waals surface area contributed by atoms with Gasteiger partial charge in [0, 0.05) is 29.1 Å². The first-order valence-electron chi connectivity index (χ1n) is 9.69. The summed E-state index contributed by atoms with van der Waals surface area (Å²) in [4.78, 5) is 39.7. The fraction of sp³-hybridized carbons (Fsp3) is 0.227. The van der Waals surface area contributed by atoms with Crippen LogP contribution in [0.1, 0.15) is 33.8 Å². The van der Waals surface area contributed by atoms with Crippen molar-refractivity contribution in [3.8, 4) is 0 Å². The lowest BCUT2D eigenvalue weighted by Crippen LogP contribution is -2.34. The Morgan fingerprint density at radius 3 is 2.68 bits per heavy atom. The Balaban J connectivity index is 1.65. The minimum absolute atomic E-state index is 0.00480. The van der Waals surface area contributed by atoms with Gasteiger partial charge in [0.25, 0.3) is 5.91 Å². The summed E-state index contributed by atoms with van der Waals surface area (Å²) in [6.45, 7) is 0.667. The Kier molecular flexibility index (Phi) is 5.75. The molecule has 1 aliphatic heterocycles. The van der Waals surface area contributed by atoms with Gasteiger partial charge in [0.2, 0.25) is 5.43 Å². The SMILES string of the molecule is O=C(NCc1ccc(Cl)cc1)c1c[nH]c2c(F)cc(C3CCNC3C(=O)O)cc2c1=O. The van der Waals surface area contributed by atoms with Crippen LogP contribution in [0.2, 0.25) is 5.02 Å². The van der Waals surface area contributed by atoms with Crippen LogP contribution in [0.3, 0.4) is 0 Å². The van der Waals surface area contributed by atoms with E-state index >= 15 is 0 Å². The Morgan fingerprint density at radius 2 is 1.97 bits per heavy atom. The van der Waals surface area contributed by atoms with Gasteiger partial charge in [-0.25, -0.2) is 4.39 Å². The van der Waals surface area contributed by atoms with Gasteiger partial charge < -0.3 is 20.7 Å². The molecule has 0 aliphatic carbocycles. The topological polar surface area (TPSA) is 111 Å². The standard InChI is InChI=1S/C22H19ClFN3O4/c23-13-3-1-11(2-4-13)9-27-21(29)16-10-26-18-15(20(16)28)7-12(8-17(18)24)14-5-6-25-19(14)22(30)31/h1-4,7-8,10,14,19,25H,5-6,9H2,(H,26,28)(H,27,29)(H,30,31). The van der Waals surface area contributed by atoms with Gasteiger partial charge >= 0.3 is 5.97 Å². The molecular formula is C22H19ClFN3O4. The number of hydrogen-bond donors (Lipinski definition) is 4. The van der Waals surface area contributed by atoms with E-state index in [0.717, 1.165) is 5.56 Å². The minimum atomic E-state index is -1.03. The van der Waals surface area contributed by atoms with Crippen LogP contribution in [0.4, 0.5) is 4.39 Å². The third kappa shape index (κ3) is 4.17. The summed E-state index contributed by atoms with van der Waals surface area (Å²) >= 11 is 5.85. The highest BCUT2D eigenvalue weighted by atomic mass is 35.5. The van der Waals surface area contributed by atoms with Crippen LogP contribution in [0, 0.1) is 5.82 Å². The molecule has 2 aromatic carbocycles. The maximum Gasteiger partial charge on any atom is 0.321 e. The molecule has 1 amide bonds. The minimum Gasteiger partial charge on any atom is -0.480 e. The van der Waals surface area contributed by atoms with Crippen molar-refractivity contribution in [2.45, 2.75) is 24.9 Å². The molecule has 1 aliphatic rings. The van der Waals surface area contributed by atoms with Crippen molar-refractivity contribution in [3.05, 3.63) is 80.3 Å². The van der Waals surface area contributed by atoms with E-state index in [1.165, 1.54) is 18.3 Å². The second-order valence-corrected chi connectivity index (χ2v) is 7.87. The molecule has 0 spiro atoms. The molecule has 0 radical (unpaired) electrons. The van der Waals surface area contributed by atoms with E-state index < -0.39 is 35.1 Å². The number of carboxylic acid groups (broad SMARTS) is 1. The lowest BCUT2D eigenvalue weighted by Gasteiger charge is -2.17. The molecule has 4 rings (SSSR count). The van der Waals surface area contributed by atoms with Crippen LogP contribution < -0.4 is 16.1 Å². The smallest absolute Gasteiger partial charge is 0.321 e. The van der Waals surface area contributed by atoms with Gasteiger partial charge in [0.05, 0.1) is 5.52 Å². The van der Waals surface area contributed by atoms with Gasteiger partial charge in [-0.15, -0.1) is 0 Å². The summed E-state index contributed by atoms with van der Waals surface area (Å²) in [6.07, 6.45) is 1.68. The number of benzene rings is 2. The zero-order valence-corrected chi connectivity index (χ0v) is 17.0. The van der Waals surface area contributed by atoms with Crippen LogP contribution in [0.25, 0.3) is 10.9 Å². The molecule has 3 aromatic rings. The number of nitrogens with one attached hydrogen (secondary N) is 3. The highest BCUT2D eigenvalue weighted by molar-refractivity contribution is 6.30. The molecule has 2 heterocycles. The fourth-order valence-corrected chi connectivity index (χ4v) is 4.02. The number of aliphatic carboxylic acids is 1. The first-order chi connectivity index (χ1) is 14.8. The van der Waals surface area contributed by atoms with Crippen molar-refractivity contribution in [1.82, 2.24) is 15.6 Å². The van der Waals surface area contributed by atoms with Gasteiger partial charge in [-0.2, -0.15) is 0 Å². The maximum absolute atomic E-state index is 14.7. The highest BCUT2D eigenvalue weighted by Gasteiger charge is 2.34. The van der Waals surface area contributed by atoms with Gasteiger partial charge in [0.15, 0.2) is 0 Å². The number of carbonyl (C=O) groups excluding carboxylic acids is 1. The molecule has 4 N–H and O–H groups in total. The quantitative estimate of drug-likeness (QED) is 0.484. The number of hydrogen-bond acceptors (Lipinski definition) is 4. The third-order valence-corrected chi connectivity index (χ3v) is 5.74. The number of H-pyrrole nitrogens is 1. The van der Waals surface area contributed by atoms with Crippen LogP contribution in [-0.2, 0) is 11.3 Å². The second-order valence-electron chi connectivity index (χ2n) is 7.43. The van der Waals surface area contributed by atoms with E-state index in [2.05, 4.69) is 15.6 Å². The molecule has 7 nitrogen and oxygen atoms in total. The summed E-state index contributed by atoms with van der Waals surface area (Å²) in [5.41, 5.74) is 0.405. The van der Waals surface area contributed by atoms with Crippen LogP contribution >= 0.6 is 11.6 Å². The number of carbonyl (C=O) groups is 2. The van der Waals surface area contributed by atoms with Crippen LogP contribution in [-0.4, -0.2) is 34.6 Å². The van der Waals surface area contributed by atoms with Crippen LogP contribution in [0.5, 0.6) is 0 Å². The molecular weight excluding hydrogens is 425 g/mol. The summed E-state index contributed by atoms with van der Waals surface area (Å²) in [5.74, 6) is -2.78. The van der Waals surface area contributed by atoms with Gasteiger partial charge in [0.1, 0.15) is 17.4 Å². The molecule has 1 aromatic heterocycles. The van der Waals surface area contributed by atoms with E-state index in [4.69, 9.17) is 11.6 Å². The number of pyridine rings is 1. The van der Waals surface area contributed by atoms with Crippen molar-refractivity contribution >= 4 is 34.4 Å². The molecule has 160 valence electrons. The molecule has 0 saturated carbocycles. The lowest BCUT2D eigenvalue weighted by molar-refractivity contribution is -0.139. The van der Waals surface area contributed by atoms with E-state index in [-0.39, 0.29) is 23.0 Å². The monoisotopic (exact) mass is 443 g/mol. The predicted molar refractivity (Wildman–Crippen MR) is 114 cm³/mol. The molecule has 31 heavy (non-hydrogen) atoms. The Hall–Kier alpha value is -3.23. The Bertz CT molecular complexity index is 1230. The average Bonchev–Trinajstić information content (AvgIpc) is 3.24. The van der Waals surface area contributed by atoms with Gasteiger partial charge in [-0.1, -0.05) is 23.7 Å². The molecule has 1 saturated heterocycles. The lowest BCUT2D eigenvalue weighted by atomic mass is 9.90. The second kappa shape index (κ2) is 8.49. The molecule has 9 heteroatoms. The van der Waals surface area contributed by atoms with Crippen molar-refractivity contribution in [2.75, 3.05) is 6.54 Å². The summed E-state index contributed by atoms with van der Waals surface area (Å²) in [7, 11) is 0. The number of rotatable bonds is 5. The number of fused-ring (bicyclic) bond motifs is 1. The third-order valence-electron chi connectivity index (χ3n) is 5.49. The molecule has 0 bridgehead atoms. The van der Waals surface area contributed by atoms with Crippen molar-refractivity contribution in [1.29, 1.82) is 0 Å². The molecule has 2 unspecified atom stereocenters. The van der Waals surface area contributed by atoms with E-state index in [1.54, 1.807) is 24.3 Å². The normalized spacial score (nSPS) is 18.3. The number of aromatic amines is 1. The van der Waals surface area contributed by atoms with E-state index in [1.807, 2.05) is 0 Å². The predicted octanol–water partition coefficient (Wildman–Crippen LogP) is 2.78. The molecule has 1 fully saturated rings. The number of halogens is 2. The Morgan fingerprint density at radius 1 is 1.23 bits per heavy atom. The number of amides is 1. The average molecular weight is 444 g/mol. The Labute approximate surface area is 181 Å². The van der Waals surface area contributed by atoms with Gasteiger partial charge in [-0.3, -0.25) is 14.4 Å². The van der Waals surface area contributed by atoms with Crippen molar-refractivity contribution in [2.24, 2.45) is 0 Å². The first-order valence-corrected chi connectivity index (χ1v) is 10.1. The van der Waals surface area contributed by atoms with Crippen molar-refractivity contribution < 1.29 is 19.1 Å². The zero-order chi connectivity index (χ0) is 22.1. The first kappa shape index (κ1) is 21.0. The van der Waals surface area contributed by atoms with Gasteiger partial charge in [-0.05, 0) is 48.4 Å². The molecule has 2 atom stereocenters.